The number of benzene rings is 3. The molecule has 3 aromatic carbocycles. The fourth-order valence-electron chi connectivity index (χ4n) is 5.29. The topological polar surface area (TPSA) is 91.1 Å². The largest absolute Gasteiger partial charge is 0.450 e. The van der Waals surface area contributed by atoms with Crippen molar-refractivity contribution < 1.29 is 23.5 Å². The first-order chi connectivity index (χ1) is 17.4. The Hall–Kier alpha value is -4.01. The third-order valence-corrected chi connectivity index (χ3v) is 7.01. The SMILES string of the molecule is O=C1c2oc3ccc(Cl)cc3c(=O)c2C2(C(=O)N(Cc3ccc(F)cc3)c3ccccc32)N1CCO. The summed E-state index contributed by atoms with van der Waals surface area (Å²) in [6.07, 6.45) is 0. The van der Waals surface area contributed by atoms with Gasteiger partial charge in [-0.15, -0.1) is 0 Å². The Labute approximate surface area is 208 Å². The number of halogens is 2. The van der Waals surface area contributed by atoms with Gasteiger partial charge < -0.3 is 19.3 Å². The van der Waals surface area contributed by atoms with Crippen LogP contribution in [0.2, 0.25) is 5.02 Å². The lowest BCUT2D eigenvalue weighted by Gasteiger charge is -2.33. The van der Waals surface area contributed by atoms with Gasteiger partial charge in [0.2, 0.25) is 5.76 Å². The van der Waals surface area contributed by atoms with Crippen LogP contribution in [0.4, 0.5) is 10.1 Å². The van der Waals surface area contributed by atoms with E-state index in [4.69, 9.17) is 16.0 Å². The molecule has 1 spiro atoms. The number of para-hydroxylation sites is 1. The van der Waals surface area contributed by atoms with Gasteiger partial charge in [0.1, 0.15) is 11.4 Å². The van der Waals surface area contributed by atoms with E-state index in [0.717, 1.165) is 0 Å². The maximum Gasteiger partial charge on any atom is 0.291 e. The van der Waals surface area contributed by atoms with Gasteiger partial charge in [-0.1, -0.05) is 41.9 Å². The number of fused-ring (bicyclic) bond motifs is 5. The van der Waals surface area contributed by atoms with Crippen molar-refractivity contribution in [2.24, 2.45) is 0 Å². The van der Waals surface area contributed by atoms with E-state index >= 15 is 0 Å². The maximum atomic E-state index is 14.4. The van der Waals surface area contributed by atoms with Gasteiger partial charge in [0.15, 0.2) is 11.0 Å². The predicted octanol–water partition coefficient (Wildman–Crippen LogP) is 3.82. The highest BCUT2D eigenvalue weighted by Gasteiger charge is 2.64. The molecule has 2 aliphatic rings. The first kappa shape index (κ1) is 22.5. The molecule has 0 radical (unpaired) electrons. The molecule has 1 aromatic heterocycles. The number of amides is 2. The lowest BCUT2D eigenvalue weighted by Crippen LogP contribution is -2.54. The molecule has 1 N–H and O–H groups in total. The van der Waals surface area contributed by atoms with Crippen LogP contribution in [0.25, 0.3) is 11.0 Å². The molecule has 0 bridgehead atoms. The molecule has 2 aliphatic heterocycles. The minimum Gasteiger partial charge on any atom is -0.450 e. The van der Waals surface area contributed by atoms with Crippen molar-refractivity contribution in [3.8, 4) is 0 Å². The fraction of sp³-hybridized carbons (Fsp3) is 0.148. The quantitative estimate of drug-likeness (QED) is 0.456. The maximum absolute atomic E-state index is 14.4. The van der Waals surface area contributed by atoms with E-state index in [1.165, 1.54) is 34.1 Å². The number of carbonyl (C=O) groups excluding carboxylic acids is 2. The second-order valence-corrected chi connectivity index (χ2v) is 9.14. The highest BCUT2D eigenvalue weighted by molar-refractivity contribution is 6.31. The normalized spacial score (nSPS) is 18.4. The molecule has 0 saturated carbocycles. The molecule has 0 saturated heterocycles. The minimum atomic E-state index is -1.83. The first-order valence-corrected chi connectivity index (χ1v) is 11.6. The van der Waals surface area contributed by atoms with Crippen LogP contribution < -0.4 is 10.3 Å². The van der Waals surface area contributed by atoms with Crippen molar-refractivity contribution in [1.82, 2.24) is 4.90 Å². The number of aliphatic hydroxyl groups excluding tert-OH is 1. The highest BCUT2D eigenvalue weighted by Crippen LogP contribution is 2.52. The lowest BCUT2D eigenvalue weighted by atomic mass is 9.84. The zero-order valence-corrected chi connectivity index (χ0v) is 19.5. The number of hydrogen-bond acceptors (Lipinski definition) is 5. The molecule has 36 heavy (non-hydrogen) atoms. The number of hydrogen-bond donors (Lipinski definition) is 1. The summed E-state index contributed by atoms with van der Waals surface area (Å²) in [7, 11) is 0. The van der Waals surface area contributed by atoms with Crippen molar-refractivity contribution >= 4 is 40.1 Å². The number of rotatable bonds is 4. The number of nitrogens with zero attached hydrogens (tertiary/aromatic N) is 2. The standard InChI is InChI=1S/C27H18ClFN2O5/c28-16-7-10-21-18(13-16)23(33)22-24(36-21)25(34)31(11-12-32)27(22)19-3-1-2-4-20(19)30(26(27)35)14-15-5-8-17(29)9-6-15/h1-10,13,32H,11-12,14H2. The van der Waals surface area contributed by atoms with Gasteiger partial charge in [-0.2, -0.15) is 0 Å². The summed E-state index contributed by atoms with van der Waals surface area (Å²) in [6, 6.07) is 17.1. The van der Waals surface area contributed by atoms with Crippen LogP contribution in [-0.4, -0.2) is 35.0 Å². The molecule has 2 amide bonds. The summed E-state index contributed by atoms with van der Waals surface area (Å²) in [4.78, 5) is 44.6. The lowest BCUT2D eigenvalue weighted by molar-refractivity contribution is -0.126. The zero-order chi connectivity index (χ0) is 25.2. The molecule has 9 heteroatoms. The van der Waals surface area contributed by atoms with Crippen LogP contribution in [0.15, 0.2) is 75.9 Å². The fourth-order valence-corrected chi connectivity index (χ4v) is 5.46. The Morgan fingerprint density at radius 1 is 1.00 bits per heavy atom. The van der Waals surface area contributed by atoms with E-state index in [1.54, 1.807) is 42.5 Å². The Morgan fingerprint density at radius 2 is 1.75 bits per heavy atom. The van der Waals surface area contributed by atoms with E-state index < -0.39 is 35.2 Å². The summed E-state index contributed by atoms with van der Waals surface area (Å²) in [5, 5.41) is 10.3. The molecule has 6 rings (SSSR count). The van der Waals surface area contributed by atoms with Gasteiger partial charge in [0.25, 0.3) is 11.8 Å². The van der Waals surface area contributed by atoms with Gasteiger partial charge >= 0.3 is 0 Å². The van der Waals surface area contributed by atoms with E-state index in [2.05, 4.69) is 0 Å². The van der Waals surface area contributed by atoms with Gasteiger partial charge in [-0.3, -0.25) is 14.4 Å². The van der Waals surface area contributed by atoms with Gasteiger partial charge in [0.05, 0.1) is 29.8 Å². The van der Waals surface area contributed by atoms with Crippen LogP contribution in [0, 0.1) is 5.82 Å². The Balaban J connectivity index is 1.65. The van der Waals surface area contributed by atoms with Crippen molar-refractivity contribution in [2.75, 3.05) is 18.1 Å². The van der Waals surface area contributed by atoms with E-state index in [0.29, 0.717) is 21.8 Å². The predicted molar refractivity (Wildman–Crippen MR) is 130 cm³/mol. The average molecular weight is 505 g/mol. The van der Waals surface area contributed by atoms with Crippen molar-refractivity contribution in [3.05, 3.63) is 110 Å². The summed E-state index contributed by atoms with van der Waals surface area (Å²) in [5.41, 5.74) is -0.730. The zero-order valence-electron chi connectivity index (χ0n) is 18.7. The van der Waals surface area contributed by atoms with Crippen LogP contribution in [-0.2, 0) is 16.9 Å². The molecule has 1 unspecified atom stereocenters. The summed E-state index contributed by atoms with van der Waals surface area (Å²) >= 11 is 6.14. The number of carbonyl (C=O) groups is 2. The van der Waals surface area contributed by atoms with Crippen LogP contribution >= 0.6 is 11.6 Å². The van der Waals surface area contributed by atoms with Gasteiger partial charge in [-0.05, 0) is 42.0 Å². The molecule has 7 nitrogen and oxygen atoms in total. The van der Waals surface area contributed by atoms with Gasteiger partial charge in [-0.25, -0.2) is 4.39 Å². The second-order valence-electron chi connectivity index (χ2n) is 8.70. The second kappa shape index (κ2) is 8.01. The van der Waals surface area contributed by atoms with Crippen LogP contribution in [0.1, 0.15) is 27.2 Å². The van der Waals surface area contributed by atoms with Crippen molar-refractivity contribution in [3.63, 3.8) is 0 Å². The third kappa shape index (κ3) is 2.91. The molecular formula is C27H18ClFN2O5. The van der Waals surface area contributed by atoms with Crippen molar-refractivity contribution in [2.45, 2.75) is 12.1 Å². The monoisotopic (exact) mass is 504 g/mol. The van der Waals surface area contributed by atoms with E-state index in [9.17, 15) is 23.9 Å². The minimum absolute atomic E-state index is 0.0824. The third-order valence-electron chi connectivity index (χ3n) is 6.78. The number of β-amino-alcohol motifs (C(OH)–C–C–N with tert-alkyl or cyclic N) is 1. The number of anilines is 1. The molecule has 1 atom stereocenters. The number of aliphatic hydroxyl groups is 1. The van der Waals surface area contributed by atoms with Crippen molar-refractivity contribution in [1.29, 1.82) is 0 Å². The summed E-state index contributed by atoms with van der Waals surface area (Å²) in [5.74, 6) is -1.85. The first-order valence-electron chi connectivity index (χ1n) is 11.2. The van der Waals surface area contributed by atoms with Gasteiger partial charge in [0, 0.05) is 17.1 Å². The molecule has 4 aromatic rings. The Bertz CT molecular complexity index is 1630. The Kier molecular flexibility index (Phi) is 5.00. The molecular weight excluding hydrogens is 487 g/mol. The molecule has 0 fully saturated rings. The smallest absolute Gasteiger partial charge is 0.291 e. The summed E-state index contributed by atoms with van der Waals surface area (Å²) in [6.45, 7) is -0.558. The Morgan fingerprint density at radius 3 is 2.50 bits per heavy atom. The molecule has 3 heterocycles. The summed E-state index contributed by atoms with van der Waals surface area (Å²) < 4.78 is 19.4. The van der Waals surface area contributed by atoms with Crippen LogP contribution in [0.3, 0.4) is 0 Å². The van der Waals surface area contributed by atoms with E-state index in [1.807, 2.05) is 0 Å². The molecule has 180 valence electrons. The van der Waals surface area contributed by atoms with E-state index in [-0.39, 0.29) is 35.4 Å². The highest BCUT2D eigenvalue weighted by atomic mass is 35.5. The average Bonchev–Trinajstić information content (AvgIpc) is 3.26. The molecule has 0 aliphatic carbocycles. The van der Waals surface area contributed by atoms with Crippen LogP contribution in [0.5, 0.6) is 0 Å².